The molecule has 0 aliphatic carbocycles. The molecule has 0 amide bonds. The quantitative estimate of drug-likeness (QED) is 0.831. The minimum absolute atomic E-state index is 0.102. The number of aryl methyl sites for hydroxylation is 1. The van der Waals surface area contributed by atoms with Crippen molar-refractivity contribution in [1.29, 1.82) is 0 Å². The first-order chi connectivity index (χ1) is 8.78. The third kappa shape index (κ3) is 2.66. The van der Waals surface area contributed by atoms with Gasteiger partial charge in [-0.3, -0.25) is 0 Å². The van der Waals surface area contributed by atoms with Gasteiger partial charge in [-0.05, 0) is 30.5 Å². The molecule has 98 valence electrons. The average Bonchev–Trinajstić information content (AvgIpc) is 2.43. The van der Waals surface area contributed by atoms with E-state index >= 15 is 0 Å². The summed E-state index contributed by atoms with van der Waals surface area (Å²) in [6.45, 7) is 0.532. The number of methoxy groups -OCH3 is 1. The van der Waals surface area contributed by atoms with Crippen molar-refractivity contribution in [2.75, 3.05) is 20.3 Å². The fraction of sp³-hybridized carbons (Fsp3) is 0.429. The van der Waals surface area contributed by atoms with Gasteiger partial charge in [-0.2, -0.15) is 0 Å². The number of rotatable bonds is 5. The molecular formula is C14H18O4. The molecule has 1 aliphatic heterocycles. The summed E-state index contributed by atoms with van der Waals surface area (Å²) in [5, 5.41) is 18.0. The van der Waals surface area contributed by atoms with Crippen LogP contribution in [0, 0.1) is 0 Å². The van der Waals surface area contributed by atoms with Gasteiger partial charge in [0.1, 0.15) is 24.7 Å². The number of ether oxygens (including phenoxy) is 2. The average molecular weight is 250 g/mol. The second kappa shape index (κ2) is 5.89. The van der Waals surface area contributed by atoms with Crippen LogP contribution in [-0.2, 0) is 17.8 Å². The van der Waals surface area contributed by atoms with Gasteiger partial charge in [-0.15, -0.1) is 0 Å². The van der Waals surface area contributed by atoms with E-state index in [2.05, 4.69) is 6.07 Å². The summed E-state index contributed by atoms with van der Waals surface area (Å²) >= 11 is 0. The van der Waals surface area contributed by atoms with Crippen LogP contribution in [0.1, 0.15) is 23.1 Å². The Labute approximate surface area is 106 Å². The number of hydrogen-bond acceptors (Lipinski definition) is 4. The summed E-state index contributed by atoms with van der Waals surface area (Å²) in [5.41, 5.74) is 3.16. The lowest BCUT2D eigenvalue weighted by Crippen LogP contribution is -2.07. The lowest BCUT2D eigenvalue weighted by Gasteiger charge is -2.20. The van der Waals surface area contributed by atoms with E-state index in [-0.39, 0.29) is 13.2 Å². The van der Waals surface area contributed by atoms with Gasteiger partial charge in [0.25, 0.3) is 0 Å². The van der Waals surface area contributed by atoms with Crippen molar-refractivity contribution >= 4 is 6.08 Å². The molecule has 1 aromatic carbocycles. The Kier molecular flexibility index (Phi) is 4.23. The van der Waals surface area contributed by atoms with Gasteiger partial charge in [0.05, 0.1) is 7.11 Å². The predicted octanol–water partition coefficient (Wildman–Crippen LogP) is 1.48. The molecule has 18 heavy (non-hydrogen) atoms. The predicted molar refractivity (Wildman–Crippen MR) is 68.3 cm³/mol. The van der Waals surface area contributed by atoms with Crippen molar-refractivity contribution in [2.24, 2.45) is 0 Å². The fourth-order valence-corrected chi connectivity index (χ4v) is 2.09. The Balaban J connectivity index is 2.35. The van der Waals surface area contributed by atoms with Gasteiger partial charge < -0.3 is 19.7 Å². The van der Waals surface area contributed by atoms with Crippen molar-refractivity contribution < 1.29 is 19.7 Å². The SMILES string of the molecule is COc1cc(CCCO)cc2c1C=C(CO)OC2. The first-order valence-electron chi connectivity index (χ1n) is 6.03. The highest BCUT2D eigenvalue weighted by molar-refractivity contribution is 5.65. The van der Waals surface area contributed by atoms with Gasteiger partial charge in [-0.1, -0.05) is 6.07 Å². The lowest BCUT2D eigenvalue weighted by molar-refractivity contribution is 0.149. The first kappa shape index (κ1) is 12.9. The number of hydrogen-bond donors (Lipinski definition) is 2. The molecule has 0 spiro atoms. The summed E-state index contributed by atoms with van der Waals surface area (Å²) in [7, 11) is 1.63. The fourth-order valence-electron chi connectivity index (χ4n) is 2.09. The highest BCUT2D eigenvalue weighted by atomic mass is 16.5. The highest BCUT2D eigenvalue weighted by Crippen LogP contribution is 2.31. The van der Waals surface area contributed by atoms with Crippen molar-refractivity contribution in [3.05, 3.63) is 34.6 Å². The van der Waals surface area contributed by atoms with E-state index in [4.69, 9.17) is 19.7 Å². The zero-order chi connectivity index (χ0) is 13.0. The van der Waals surface area contributed by atoms with Gasteiger partial charge in [0, 0.05) is 17.7 Å². The van der Waals surface area contributed by atoms with E-state index in [0.29, 0.717) is 12.4 Å². The molecule has 0 radical (unpaired) electrons. The van der Waals surface area contributed by atoms with Gasteiger partial charge in [-0.25, -0.2) is 0 Å². The molecule has 0 saturated heterocycles. The Bertz CT molecular complexity index is 451. The molecule has 1 aliphatic rings. The van der Waals surface area contributed by atoms with Crippen LogP contribution in [0.25, 0.3) is 6.08 Å². The molecule has 0 unspecified atom stereocenters. The van der Waals surface area contributed by atoms with Crippen LogP contribution in [0.15, 0.2) is 17.9 Å². The minimum atomic E-state index is -0.102. The molecule has 4 nitrogen and oxygen atoms in total. The molecule has 0 saturated carbocycles. The molecule has 0 aromatic heterocycles. The van der Waals surface area contributed by atoms with Crippen LogP contribution in [0.2, 0.25) is 0 Å². The molecule has 2 N–H and O–H groups in total. The highest BCUT2D eigenvalue weighted by Gasteiger charge is 2.16. The second-order valence-electron chi connectivity index (χ2n) is 4.26. The third-order valence-electron chi connectivity index (χ3n) is 3.01. The number of aliphatic hydroxyl groups is 2. The smallest absolute Gasteiger partial charge is 0.126 e. The van der Waals surface area contributed by atoms with Crippen LogP contribution in [0.3, 0.4) is 0 Å². The summed E-state index contributed by atoms with van der Waals surface area (Å²) < 4.78 is 10.8. The topological polar surface area (TPSA) is 58.9 Å². The van der Waals surface area contributed by atoms with Crippen LogP contribution < -0.4 is 4.74 Å². The van der Waals surface area contributed by atoms with Crippen LogP contribution in [0.4, 0.5) is 0 Å². The Morgan fingerprint density at radius 2 is 2.17 bits per heavy atom. The molecule has 1 heterocycles. The molecule has 2 rings (SSSR count). The maximum atomic E-state index is 9.09. The summed E-state index contributed by atoms with van der Waals surface area (Å²) in [6, 6.07) is 4.05. The largest absolute Gasteiger partial charge is 0.496 e. The van der Waals surface area contributed by atoms with E-state index in [0.717, 1.165) is 35.3 Å². The van der Waals surface area contributed by atoms with Gasteiger partial charge in [0.2, 0.25) is 0 Å². The first-order valence-corrected chi connectivity index (χ1v) is 6.03. The molecule has 4 heteroatoms. The molecular weight excluding hydrogens is 232 g/mol. The summed E-state index contributed by atoms with van der Waals surface area (Å²) in [4.78, 5) is 0. The summed E-state index contributed by atoms with van der Waals surface area (Å²) in [6.07, 6.45) is 3.37. The van der Waals surface area contributed by atoms with E-state index in [1.165, 1.54) is 0 Å². The van der Waals surface area contributed by atoms with Gasteiger partial charge in [0.15, 0.2) is 0 Å². The Hall–Kier alpha value is -1.52. The van der Waals surface area contributed by atoms with Crippen LogP contribution in [0.5, 0.6) is 5.75 Å². The van der Waals surface area contributed by atoms with Crippen molar-refractivity contribution in [1.82, 2.24) is 0 Å². The number of aliphatic hydroxyl groups excluding tert-OH is 2. The third-order valence-corrected chi connectivity index (χ3v) is 3.01. The van der Waals surface area contributed by atoms with Crippen molar-refractivity contribution in [2.45, 2.75) is 19.4 Å². The summed E-state index contributed by atoms with van der Waals surface area (Å²) in [5.74, 6) is 1.35. The normalized spacial score (nSPS) is 13.6. The van der Waals surface area contributed by atoms with E-state index in [1.807, 2.05) is 12.1 Å². The van der Waals surface area contributed by atoms with E-state index in [1.54, 1.807) is 7.11 Å². The van der Waals surface area contributed by atoms with Crippen LogP contribution >= 0.6 is 0 Å². The van der Waals surface area contributed by atoms with E-state index < -0.39 is 0 Å². The standard InChI is InChI=1S/C14H18O4/c1-17-14-6-10(3-2-4-15)5-11-9-18-12(8-16)7-13(11)14/h5-7,15-16H,2-4,8-9H2,1H3. The number of benzene rings is 1. The lowest BCUT2D eigenvalue weighted by atomic mass is 9.98. The Morgan fingerprint density at radius 1 is 1.33 bits per heavy atom. The zero-order valence-corrected chi connectivity index (χ0v) is 10.5. The monoisotopic (exact) mass is 250 g/mol. The van der Waals surface area contributed by atoms with Crippen LogP contribution in [-0.4, -0.2) is 30.5 Å². The zero-order valence-electron chi connectivity index (χ0n) is 10.5. The van der Waals surface area contributed by atoms with Gasteiger partial charge >= 0.3 is 0 Å². The Morgan fingerprint density at radius 3 is 2.83 bits per heavy atom. The molecule has 0 fully saturated rings. The number of fused-ring (bicyclic) bond motifs is 1. The second-order valence-corrected chi connectivity index (χ2v) is 4.26. The molecule has 1 aromatic rings. The minimum Gasteiger partial charge on any atom is -0.496 e. The molecule has 0 bridgehead atoms. The molecule has 0 atom stereocenters. The maximum absolute atomic E-state index is 9.09. The van der Waals surface area contributed by atoms with Crippen molar-refractivity contribution in [3.8, 4) is 5.75 Å². The van der Waals surface area contributed by atoms with Crippen molar-refractivity contribution in [3.63, 3.8) is 0 Å². The maximum Gasteiger partial charge on any atom is 0.126 e. The van der Waals surface area contributed by atoms with E-state index in [9.17, 15) is 0 Å².